The number of nitrogens with one attached hydrogen (secondary N) is 1. The zero-order valence-electron chi connectivity index (χ0n) is 6.09. The third-order valence-electron chi connectivity index (χ3n) is 1.60. The van der Waals surface area contributed by atoms with Gasteiger partial charge >= 0.3 is 0 Å². The van der Waals surface area contributed by atoms with E-state index >= 15 is 0 Å². The van der Waals surface area contributed by atoms with Crippen LogP contribution in [0.4, 0.5) is 0 Å². The number of rotatable bonds is 2. The van der Waals surface area contributed by atoms with Gasteiger partial charge in [0.05, 0.1) is 5.54 Å². The third kappa shape index (κ3) is 1.11. The number of aromatic nitrogens is 1. The molecule has 1 rings (SSSR count). The molecule has 0 fully saturated rings. The maximum Gasteiger partial charge on any atom is 0.0715 e. The Morgan fingerprint density at radius 3 is 2.90 bits per heavy atom. The minimum absolute atomic E-state index is 0.427. The van der Waals surface area contributed by atoms with Gasteiger partial charge in [0.1, 0.15) is 0 Å². The number of H-pyrrole nitrogens is 1. The molecule has 10 heavy (non-hydrogen) atoms. The lowest BCUT2D eigenvalue weighted by Crippen LogP contribution is -2.30. The molecule has 0 bridgehead atoms. The number of aromatic amines is 1. The largest absolute Gasteiger partial charge is 0.363 e. The summed E-state index contributed by atoms with van der Waals surface area (Å²) < 4.78 is 0. The van der Waals surface area contributed by atoms with Crippen molar-refractivity contribution in [2.45, 2.75) is 12.5 Å². The molecule has 0 radical (unpaired) electrons. The highest BCUT2D eigenvalue weighted by molar-refractivity contribution is 5.19. The first-order valence-electron chi connectivity index (χ1n) is 3.23. The molecule has 2 heteroatoms. The quantitative estimate of drug-likeness (QED) is 0.592. The first-order chi connectivity index (χ1) is 4.67. The summed E-state index contributed by atoms with van der Waals surface area (Å²) >= 11 is 0. The van der Waals surface area contributed by atoms with E-state index in [1.54, 1.807) is 6.08 Å². The van der Waals surface area contributed by atoms with Crippen molar-refractivity contribution < 1.29 is 0 Å². The normalized spacial score (nSPS) is 16.2. The van der Waals surface area contributed by atoms with Gasteiger partial charge in [-0.25, -0.2) is 0 Å². The van der Waals surface area contributed by atoms with Crippen molar-refractivity contribution in [2.24, 2.45) is 5.73 Å². The van der Waals surface area contributed by atoms with E-state index in [1.165, 1.54) is 0 Å². The lowest BCUT2D eigenvalue weighted by molar-refractivity contribution is 0.613. The molecule has 1 aromatic heterocycles. The van der Waals surface area contributed by atoms with E-state index in [9.17, 15) is 0 Å². The zero-order valence-corrected chi connectivity index (χ0v) is 6.09. The molecule has 0 aliphatic carbocycles. The van der Waals surface area contributed by atoms with Gasteiger partial charge in [-0.2, -0.15) is 0 Å². The van der Waals surface area contributed by atoms with Crippen LogP contribution in [0.2, 0.25) is 0 Å². The average molecular weight is 136 g/mol. The van der Waals surface area contributed by atoms with Crippen molar-refractivity contribution in [3.63, 3.8) is 0 Å². The Bertz CT molecular complexity index is 209. The lowest BCUT2D eigenvalue weighted by atomic mass is 10.0. The lowest BCUT2D eigenvalue weighted by Gasteiger charge is -2.17. The van der Waals surface area contributed by atoms with E-state index in [0.717, 1.165) is 5.69 Å². The van der Waals surface area contributed by atoms with Crippen molar-refractivity contribution in [3.8, 4) is 0 Å². The van der Waals surface area contributed by atoms with Gasteiger partial charge in [-0.15, -0.1) is 6.58 Å². The summed E-state index contributed by atoms with van der Waals surface area (Å²) in [5, 5.41) is 0. The van der Waals surface area contributed by atoms with Gasteiger partial charge < -0.3 is 10.7 Å². The van der Waals surface area contributed by atoms with E-state index in [1.807, 2.05) is 25.3 Å². The molecule has 1 aromatic rings. The van der Waals surface area contributed by atoms with Crippen molar-refractivity contribution >= 4 is 0 Å². The van der Waals surface area contributed by atoms with E-state index < -0.39 is 5.54 Å². The predicted molar refractivity (Wildman–Crippen MR) is 42.5 cm³/mol. The topological polar surface area (TPSA) is 41.8 Å². The van der Waals surface area contributed by atoms with Crippen LogP contribution < -0.4 is 5.73 Å². The Labute approximate surface area is 60.8 Å². The van der Waals surface area contributed by atoms with Crippen molar-refractivity contribution in [1.29, 1.82) is 0 Å². The van der Waals surface area contributed by atoms with Crippen LogP contribution in [0.25, 0.3) is 0 Å². The molecule has 0 saturated carbocycles. The Morgan fingerprint density at radius 1 is 1.80 bits per heavy atom. The predicted octanol–water partition coefficient (Wildman–Crippen LogP) is 1.37. The summed E-state index contributed by atoms with van der Waals surface area (Å²) in [6.45, 7) is 5.55. The van der Waals surface area contributed by atoms with E-state index in [4.69, 9.17) is 5.73 Å². The van der Waals surface area contributed by atoms with Gasteiger partial charge in [0.25, 0.3) is 0 Å². The van der Waals surface area contributed by atoms with Crippen molar-refractivity contribution in [3.05, 3.63) is 36.7 Å². The van der Waals surface area contributed by atoms with Gasteiger partial charge in [0.2, 0.25) is 0 Å². The molecule has 1 unspecified atom stereocenters. The third-order valence-corrected chi connectivity index (χ3v) is 1.60. The van der Waals surface area contributed by atoms with Gasteiger partial charge in [-0.3, -0.25) is 0 Å². The minimum atomic E-state index is -0.427. The van der Waals surface area contributed by atoms with Crippen LogP contribution >= 0.6 is 0 Å². The molecule has 0 spiro atoms. The van der Waals surface area contributed by atoms with E-state index in [2.05, 4.69) is 11.6 Å². The summed E-state index contributed by atoms with van der Waals surface area (Å²) in [6.07, 6.45) is 3.57. The summed E-state index contributed by atoms with van der Waals surface area (Å²) in [5.41, 5.74) is 6.39. The molecule has 1 heterocycles. The maximum atomic E-state index is 5.83. The summed E-state index contributed by atoms with van der Waals surface area (Å²) in [7, 11) is 0. The van der Waals surface area contributed by atoms with Crippen LogP contribution in [0.5, 0.6) is 0 Å². The molecule has 1 atom stereocenters. The number of hydrogen-bond donors (Lipinski definition) is 2. The number of nitrogens with two attached hydrogens (primary N) is 1. The Morgan fingerprint density at radius 2 is 2.50 bits per heavy atom. The van der Waals surface area contributed by atoms with Crippen LogP contribution in [-0.2, 0) is 5.54 Å². The fraction of sp³-hybridized carbons (Fsp3) is 0.250. The fourth-order valence-corrected chi connectivity index (χ4v) is 0.775. The Balaban J connectivity index is 2.95. The Hall–Kier alpha value is -1.02. The first kappa shape index (κ1) is 7.09. The van der Waals surface area contributed by atoms with Gasteiger partial charge in [-0.1, -0.05) is 6.08 Å². The highest BCUT2D eigenvalue weighted by Crippen LogP contribution is 2.15. The fourth-order valence-electron chi connectivity index (χ4n) is 0.775. The van der Waals surface area contributed by atoms with E-state index in [-0.39, 0.29) is 0 Å². The second kappa shape index (κ2) is 2.31. The molecule has 0 aromatic carbocycles. The monoisotopic (exact) mass is 136 g/mol. The van der Waals surface area contributed by atoms with Crippen LogP contribution in [0, 0.1) is 0 Å². The standard InChI is InChI=1S/C8H12N2/c1-3-8(2,9)7-5-4-6-10-7/h3-6,10H,1,9H2,2H3. The van der Waals surface area contributed by atoms with Crippen LogP contribution in [0.15, 0.2) is 31.0 Å². The molecule has 0 amide bonds. The highest BCUT2D eigenvalue weighted by atomic mass is 14.8. The summed E-state index contributed by atoms with van der Waals surface area (Å²) in [6, 6.07) is 3.87. The van der Waals surface area contributed by atoms with Crippen LogP contribution in [-0.4, -0.2) is 4.98 Å². The molecule has 3 N–H and O–H groups in total. The van der Waals surface area contributed by atoms with Crippen molar-refractivity contribution in [2.75, 3.05) is 0 Å². The van der Waals surface area contributed by atoms with Crippen LogP contribution in [0.3, 0.4) is 0 Å². The first-order valence-corrected chi connectivity index (χ1v) is 3.23. The smallest absolute Gasteiger partial charge is 0.0715 e. The number of hydrogen-bond acceptors (Lipinski definition) is 1. The van der Waals surface area contributed by atoms with Crippen LogP contribution in [0.1, 0.15) is 12.6 Å². The van der Waals surface area contributed by atoms with Crippen molar-refractivity contribution in [1.82, 2.24) is 4.98 Å². The molecule has 0 saturated heterocycles. The maximum absolute atomic E-state index is 5.83. The second-order valence-electron chi connectivity index (χ2n) is 2.57. The molecule has 54 valence electrons. The second-order valence-corrected chi connectivity index (χ2v) is 2.57. The molecule has 0 aliphatic rings. The molecule has 0 aliphatic heterocycles. The highest BCUT2D eigenvalue weighted by Gasteiger charge is 2.16. The SMILES string of the molecule is C=CC(C)(N)c1ccc[nH]1. The van der Waals surface area contributed by atoms with Gasteiger partial charge in [-0.05, 0) is 19.1 Å². The molecule has 2 nitrogen and oxygen atoms in total. The minimum Gasteiger partial charge on any atom is -0.363 e. The molecular formula is C8H12N2. The van der Waals surface area contributed by atoms with E-state index in [0.29, 0.717) is 0 Å². The summed E-state index contributed by atoms with van der Waals surface area (Å²) in [4.78, 5) is 3.03. The Kier molecular flexibility index (Phi) is 1.64. The zero-order chi connectivity index (χ0) is 7.61. The average Bonchev–Trinajstić information content (AvgIpc) is 2.38. The van der Waals surface area contributed by atoms with Gasteiger partial charge in [0, 0.05) is 11.9 Å². The van der Waals surface area contributed by atoms with Gasteiger partial charge in [0.15, 0.2) is 0 Å². The summed E-state index contributed by atoms with van der Waals surface area (Å²) in [5.74, 6) is 0. The molecular weight excluding hydrogens is 124 g/mol.